The van der Waals surface area contributed by atoms with Crippen molar-refractivity contribution < 1.29 is 4.79 Å². The Bertz CT molecular complexity index is 349. The molecule has 15 heavy (non-hydrogen) atoms. The molecule has 0 aromatic carbocycles. The number of carbonyl (C=O) groups excluding carboxylic acids is 1. The first-order valence-electron chi connectivity index (χ1n) is 4.45. The second kappa shape index (κ2) is 4.63. The van der Waals surface area contributed by atoms with E-state index in [-0.39, 0.29) is 5.91 Å². The molecule has 0 bridgehead atoms. The predicted molar refractivity (Wildman–Crippen MR) is 57.8 cm³/mol. The van der Waals surface area contributed by atoms with Gasteiger partial charge in [0.15, 0.2) is 5.16 Å². The van der Waals surface area contributed by atoms with Crippen molar-refractivity contribution in [3.05, 3.63) is 6.33 Å². The molecule has 0 spiro atoms. The highest BCUT2D eigenvalue weighted by molar-refractivity contribution is 7.99. The lowest BCUT2D eigenvalue weighted by atomic mass is 9.96. The van der Waals surface area contributed by atoms with Crippen LogP contribution in [0.3, 0.4) is 0 Å². The summed E-state index contributed by atoms with van der Waals surface area (Å²) in [4.78, 5) is 11.4. The van der Waals surface area contributed by atoms with Gasteiger partial charge in [0.05, 0.1) is 5.41 Å². The number of nitrogens with one attached hydrogen (secondary N) is 1. The number of thioether (sulfide) groups is 1. The van der Waals surface area contributed by atoms with Gasteiger partial charge in [0.1, 0.15) is 6.33 Å². The van der Waals surface area contributed by atoms with Gasteiger partial charge in [-0.1, -0.05) is 25.6 Å². The predicted octanol–water partition coefficient (Wildman–Crippen LogP) is -0.0767. The molecule has 0 atom stereocenters. The fraction of sp³-hybridized carbons (Fsp3) is 0.625. The van der Waals surface area contributed by atoms with Crippen LogP contribution in [0.5, 0.6) is 0 Å². The lowest BCUT2D eigenvalue weighted by Crippen LogP contribution is -2.42. The molecule has 0 saturated carbocycles. The monoisotopic (exact) mass is 229 g/mol. The van der Waals surface area contributed by atoms with Gasteiger partial charge in [0.25, 0.3) is 0 Å². The van der Waals surface area contributed by atoms with Gasteiger partial charge in [-0.15, -0.1) is 10.2 Å². The Kier molecular flexibility index (Phi) is 3.70. The van der Waals surface area contributed by atoms with Crippen LogP contribution in [0.15, 0.2) is 11.5 Å². The van der Waals surface area contributed by atoms with Gasteiger partial charge in [0, 0.05) is 12.8 Å². The van der Waals surface area contributed by atoms with Gasteiger partial charge in [0.2, 0.25) is 5.91 Å². The van der Waals surface area contributed by atoms with Crippen molar-refractivity contribution in [2.45, 2.75) is 19.0 Å². The van der Waals surface area contributed by atoms with Crippen LogP contribution in [0, 0.1) is 5.41 Å². The molecule has 0 saturated heterocycles. The molecule has 7 heteroatoms. The Morgan fingerprint density at radius 3 is 2.87 bits per heavy atom. The van der Waals surface area contributed by atoms with Gasteiger partial charge >= 0.3 is 0 Å². The van der Waals surface area contributed by atoms with Crippen LogP contribution >= 0.6 is 11.8 Å². The number of nitrogens with two attached hydrogens (primary N) is 1. The second-order valence-electron chi connectivity index (χ2n) is 3.87. The highest BCUT2D eigenvalue weighted by Crippen LogP contribution is 2.25. The molecule has 0 radical (unpaired) electrons. The average Bonchev–Trinajstić information content (AvgIpc) is 2.60. The molecule has 1 amide bonds. The number of nitrogens with zero attached hydrogens (tertiary/aromatic N) is 3. The third kappa shape index (κ3) is 2.93. The third-order valence-corrected chi connectivity index (χ3v) is 3.47. The first-order chi connectivity index (χ1) is 6.97. The number of rotatable bonds is 4. The second-order valence-corrected chi connectivity index (χ2v) is 4.81. The van der Waals surface area contributed by atoms with Crippen LogP contribution in [0.1, 0.15) is 13.8 Å². The van der Waals surface area contributed by atoms with Crippen LogP contribution in [0.2, 0.25) is 0 Å². The largest absolute Gasteiger partial charge is 0.312 e. The molecule has 0 aliphatic rings. The Hall–Kier alpha value is -1.08. The number of aromatic nitrogens is 3. The number of amides is 1. The van der Waals surface area contributed by atoms with Crippen molar-refractivity contribution in [1.82, 2.24) is 20.2 Å². The van der Waals surface area contributed by atoms with Crippen LogP contribution in [-0.4, -0.2) is 26.4 Å². The molecule has 6 nitrogen and oxygen atoms in total. The summed E-state index contributed by atoms with van der Waals surface area (Å²) in [6, 6.07) is 0. The van der Waals surface area contributed by atoms with E-state index in [0.29, 0.717) is 5.75 Å². The van der Waals surface area contributed by atoms with E-state index in [1.165, 1.54) is 11.8 Å². The van der Waals surface area contributed by atoms with Crippen molar-refractivity contribution in [2.75, 3.05) is 5.75 Å². The first kappa shape index (κ1) is 12.0. The Labute approximate surface area is 92.6 Å². The quantitative estimate of drug-likeness (QED) is 0.326. The molecule has 1 aromatic rings. The van der Waals surface area contributed by atoms with Gasteiger partial charge in [-0.25, -0.2) is 5.84 Å². The minimum atomic E-state index is -0.522. The Balaban J connectivity index is 2.57. The summed E-state index contributed by atoms with van der Waals surface area (Å²) < 4.78 is 1.81. The third-order valence-electron chi connectivity index (χ3n) is 1.98. The van der Waals surface area contributed by atoms with Gasteiger partial charge in [-0.3, -0.25) is 10.2 Å². The Morgan fingerprint density at radius 1 is 1.73 bits per heavy atom. The molecule has 1 aromatic heterocycles. The number of aryl methyl sites for hydroxylation is 1. The topological polar surface area (TPSA) is 85.8 Å². The zero-order valence-electron chi connectivity index (χ0n) is 9.02. The maximum Gasteiger partial charge on any atom is 0.240 e. The highest BCUT2D eigenvalue weighted by Gasteiger charge is 2.27. The molecular weight excluding hydrogens is 214 g/mol. The van der Waals surface area contributed by atoms with E-state index in [1.807, 2.05) is 20.9 Å². The summed E-state index contributed by atoms with van der Waals surface area (Å²) in [5, 5.41) is 8.46. The van der Waals surface area contributed by atoms with Crippen molar-refractivity contribution in [2.24, 2.45) is 18.3 Å². The van der Waals surface area contributed by atoms with E-state index < -0.39 is 5.41 Å². The van der Waals surface area contributed by atoms with E-state index in [0.717, 1.165) is 5.16 Å². The number of hydrazine groups is 1. The van der Waals surface area contributed by atoms with E-state index in [2.05, 4.69) is 15.6 Å². The van der Waals surface area contributed by atoms with Gasteiger partial charge in [-0.05, 0) is 0 Å². The molecule has 0 aliphatic carbocycles. The molecule has 0 fully saturated rings. The van der Waals surface area contributed by atoms with Crippen LogP contribution in [0.4, 0.5) is 0 Å². The number of carbonyl (C=O) groups is 1. The van der Waals surface area contributed by atoms with Crippen molar-refractivity contribution in [3.63, 3.8) is 0 Å². The lowest BCUT2D eigenvalue weighted by molar-refractivity contribution is -0.128. The lowest BCUT2D eigenvalue weighted by Gasteiger charge is -2.20. The zero-order valence-corrected chi connectivity index (χ0v) is 9.84. The highest BCUT2D eigenvalue weighted by atomic mass is 32.2. The minimum absolute atomic E-state index is 0.183. The van der Waals surface area contributed by atoms with E-state index in [9.17, 15) is 4.79 Å². The van der Waals surface area contributed by atoms with E-state index >= 15 is 0 Å². The van der Waals surface area contributed by atoms with E-state index in [1.54, 1.807) is 10.9 Å². The maximum atomic E-state index is 11.4. The molecule has 84 valence electrons. The fourth-order valence-electron chi connectivity index (χ4n) is 0.909. The fourth-order valence-corrected chi connectivity index (χ4v) is 1.89. The molecule has 0 aliphatic heterocycles. The summed E-state index contributed by atoms with van der Waals surface area (Å²) in [6.07, 6.45) is 1.62. The molecule has 1 heterocycles. The molecular formula is C8H15N5OS. The average molecular weight is 229 g/mol. The summed E-state index contributed by atoms with van der Waals surface area (Å²) >= 11 is 1.48. The maximum absolute atomic E-state index is 11.4. The van der Waals surface area contributed by atoms with Crippen molar-refractivity contribution >= 4 is 17.7 Å². The molecule has 1 rings (SSSR count). The van der Waals surface area contributed by atoms with Crippen molar-refractivity contribution in [3.8, 4) is 0 Å². The first-order valence-corrected chi connectivity index (χ1v) is 5.44. The zero-order chi connectivity index (χ0) is 11.5. The smallest absolute Gasteiger partial charge is 0.240 e. The Morgan fingerprint density at radius 2 is 2.40 bits per heavy atom. The van der Waals surface area contributed by atoms with Crippen LogP contribution < -0.4 is 11.3 Å². The number of hydrogen-bond donors (Lipinski definition) is 2. The number of hydrogen-bond acceptors (Lipinski definition) is 5. The van der Waals surface area contributed by atoms with E-state index in [4.69, 9.17) is 5.84 Å². The van der Waals surface area contributed by atoms with Crippen molar-refractivity contribution in [1.29, 1.82) is 0 Å². The van der Waals surface area contributed by atoms with Gasteiger partial charge in [-0.2, -0.15) is 0 Å². The standard InChI is InChI=1S/C8H15N5OS/c1-8(2,6(14)11-9)4-15-7-12-10-5-13(7)3/h5H,4,9H2,1-3H3,(H,11,14). The summed E-state index contributed by atoms with van der Waals surface area (Å²) in [5.41, 5.74) is 1.63. The molecule has 0 unspecified atom stereocenters. The van der Waals surface area contributed by atoms with Gasteiger partial charge < -0.3 is 4.57 Å². The SMILES string of the molecule is Cn1cnnc1SCC(C)(C)C(=O)NN. The normalized spacial score (nSPS) is 11.5. The molecule has 3 N–H and O–H groups in total. The summed E-state index contributed by atoms with van der Waals surface area (Å²) in [6.45, 7) is 3.66. The summed E-state index contributed by atoms with van der Waals surface area (Å²) in [5.74, 6) is 5.51. The minimum Gasteiger partial charge on any atom is -0.312 e. The van der Waals surface area contributed by atoms with Crippen LogP contribution in [-0.2, 0) is 11.8 Å². The summed E-state index contributed by atoms with van der Waals surface area (Å²) in [7, 11) is 1.86. The van der Waals surface area contributed by atoms with Crippen LogP contribution in [0.25, 0.3) is 0 Å².